The molecular weight excluding hydrogens is 138 g/mol. The monoisotopic (exact) mass is 151 g/mol. The minimum absolute atomic E-state index is 0.0931. The van der Waals surface area contributed by atoms with Crippen LogP contribution in [0.25, 0.3) is 0 Å². The maximum absolute atomic E-state index is 8.97. The lowest BCUT2D eigenvalue weighted by atomic mass is 10.1. The molecule has 3 N–H and O–H groups in total. The third-order valence-electron chi connectivity index (χ3n) is 1.76. The van der Waals surface area contributed by atoms with Crippen LogP contribution in [-0.2, 0) is 0 Å². The number of hydrogen-bond donors (Lipinski definition) is 2. The van der Waals surface area contributed by atoms with E-state index in [0.717, 1.165) is 12.0 Å². The van der Waals surface area contributed by atoms with E-state index in [4.69, 9.17) is 10.8 Å². The predicted octanol–water partition coefficient (Wildman–Crippen LogP) is 1.80. The second-order valence-corrected chi connectivity index (χ2v) is 2.61. The molecule has 0 fully saturated rings. The van der Waals surface area contributed by atoms with E-state index in [1.54, 1.807) is 12.1 Å². The Bertz CT molecular complexity index is 218. The van der Waals surface area contributed by atoms with Crippen molar-refractivity contribution in [1.29, 1.82) is 0 Å². The van der Waals surface area contributed by atoms with Crippen LogP contribution in [0.1, 0.15) is 24.9 Å². The third-order valence-corrected chi connectivity index (χ3v) is 1.76. The highest BCUT2D eigenvalue weighted by Gasteiger charge is 2.01. The number of benzene rings is 1. The Kier molecular flexibility index (Phi) is 2.49. The molecule has 1 aromatic carbocycles. The van der Waals surface area contributed by atoms with Crippen LogP contribution in [0.15, 0.2) is 24.3 Å². The van der Waals surface area contributed by atoms with E-state index < -0.39 is 0 Å². The zero-order valence-electron chi connectivity index (χ0n) is 6.62. The second kappa shape index (κ2) is 3.39. The number of rotatable bonds is 2. The Balaban J connectivity index is 2.81. The van der Waals surface area contributed by atoms with Gasteiger partial charge in [-0.1, -0.05) is 19.1 Å². The molecule has 60 valence electrons. The van der Waals surface area contributed by atoms with Crippen molar-refractivity contribution in [2.24, 2.45) is 5.73 Å². The number of hydrogen-bond acceptors (Lipinski definition) is 2. The summed E-state index contributed by atoms with van der Waals surface area (Å²) in [7, 11) is 0. The predicted molar refractivity (Wildman–Crippen MR) is 45.3 cm³/mol. The molecule has 0 aromatic heterocycles. The quantitative estimate of drug-likeness (QED) is 0.677. The van der Waals surface area contributed by atoms with Crippen LogP contribution in [0.4, 0.5) is 0 Å². The number of nitrogens with two attached hydrogens (primary N) is 1. The molecule has 0 spiro atoms. The number of aromatic hydroxyl groups is 1. The van der Waals surface area contributed by atoms with Crippen molar-refractivity contribution in [3.8, 4) is 5.75 Å². The van der Waals surface area contributed by atoms with Crippen molar-refractivity contribution in [2.75, 3.05) is 0 Å². The summed E-state index contributed by atoms with van der Waals surface area (Å²) in [5.74, 6) is 0.289. The zero-order chi connectivity index (χ0) is 8.27. The SMILES string of the molecule is CC[C@H](N)c1ccc(O)cc1. The topological polar surface area (TPSA) is 46.2 Å². The van der Waals surface area contributed by atoms with Gasteiger partial charge >= 0.3 is 0 Å². The van der Waals surface area contributed by atoms with Crippen molar-refractivity contribution in [3.05, 3.63) is 29.8 Å². The molecule has 0 saturated carbocycles. The molecule has 1 aromatic rings. The Morgan fingerprint density at radius 1 is 1.36 bits per heavy atom. The van der Waals surface area contributed by atoms with Crippen molar-refractivity contribution >= 4 is 0 Å². The standard InChI is InChI=1S/C9H13NO/c1-2-9(10)7-3-5-8(11)6-4-7/h3-6,9,11H,2,10H2,1H3/t9-/m0/s1. The van der Waals surface area contributed by atoms with E-state index >= 15 is 0 Å². The van der Waals surface area contributed by atoms with Crippen molar-refractivity contribution in [1.82, 2.24) is 0 Å². The fourth-order valence-corrected chi connectivity index (χ4v) is 0.957. The van der Waals surface area contributed by atoms with E-state index in [0.29, 0.717) is 0 Å². The molecule has 0 aliphatic heterocycles. The summed E-state index contributed by atoms with van der Waals surface area (Å²) in [6.07, 6.45) is 0.921. The highest BCUT2D eigenvalue weighted by molar-refractivity contribution is 5.27. The van der Waals surface area contributed by atoms with Crippen LogP contribution in [0.3, 0.4) is 0 Å². The molecule has 0 aliphatic rings. The molecular formula is C9H13NO. The minimum Gasteiger partial charge on any atom is -0.508 e. The minimum atomic E-state index is 0.0931. The molecule has 0 aliphatic carbocycles. The first-order valence-corrected chi connectivity index (χ1v) is 3.78. The first-order valence-electron chi connectivity index (χ1n) is 3.78. The Morgan fingerprint density at radius 3 is 2.36 bits per heavy atom. The van der Waals surface area contributed by atoms with Crippen LogP contribution in [0.2, 0.25) is 0 Å². The molecule has 1 atom stereocenters. The molecule has 1 rings (SSSR count). The maximum atomic E-state index is 8.97. The van der Waals surface area contributed by atoms with Gasteiger partial charge in [0.05, 0.1) is 0 Å². The summed E-state index contributed by atoms with van der Waals surface area (Å²) in [6.45, 7) is 2.04. The van der Waals surface area contributed by atoms with Crippen LogP contribution in [-0.4, -0.2) is 5.11 Å². The van der Waals surface area contributed by atoms with Gasteiger partial charge in [0.15, 0.2) is 0 Å². The molecule has 2 nitrogen and oxygen atoms in total. The molecule has 2 heteroatoms. The lowest BCUT2D eigenvalue weighted by Crippen LogP contribution is -2.07. The van der Waals surface area contributed by atoms with Gasteiger partial charge in [-0.3, -0.25) is 0 Å². The zero-order valence-corrected chi connectivity index (χ0v) is 6.62. The average Bonchev–Trinajstić information content (AvgIpc) is 2.05. The Labute approximate surface area is 66.7 Å². The van der Waals surface area contributed by atoms with E-state index in [1.807, 2.05) is 19.1 Å². The summed E-state index contributed by atoms with van der Waals surface area (Å²) in [5, 5.41) is 8.97. The highest BCUT2D eigenvalue weighted by Crippen LogP contribution is 2.16. The van der Waals surface area contributed by atoms with Crippen molar-refractivity contribution in [3.63, 3.8) is 0 Å². The lowest BCUT2D eigenvalue weighted by Gasteiger charge is -2.07. The third kappa shape index (κ3) is 1.95. The fraction of sp³-hybridized carbons (Fsp3) is 0.333. The summed E-state index contributed by atoms with van der Waals surface area (Å²) >= 11 is 0. The van der Waals surface area contributed by atoms with Gasteiger partial charge in [-0.2, -0.15) is 0 Å². The first kappa shape index (κ1) is 8.08. The smallest absolute Gasteiger partial charge is 0.115 e. The van der Waals surface area contributed by atoms with Crippen LogP contribution in [0.5, 0.6) is 5.75 Å². The van der Waals surface area contributed by atoms with Gasteiger partial charge in [-0.05, 0) is 24.1 Å². The van der Waals surface area contributed by atoms with E-state index in [-0.39, 0.29) is 11.8 Å². The molecule has 0 saturated heterocycles. The lowest BCUT2D eigenvalue weighted by molar-refractivity contribution is 0.475. The largest absolute Gasteiger partial charge is 0.508 e. The normalized spacial score (nSPS) is 12.9. The Hall–Kier alpha value is -1.02. The van der Waals surface area contributed by atoms with E-state index in [1.165, 1.54) is 0 Å². The van der Waals surface area contributed by atoms with Crippen molar-refractivity contribution < 1.29 is 5.11 Å². The van der Waals surface area contributed by atoms with Crippen molar-refractivity contribution in [2.45, 2.75) is 19.4 Å². The van der Waals surface area contributed by atoms with E-state index in [2.05, 4.69) is 0 Å². The van der Waals surface area contributed by atoms with Gasteiger partial charge in [0.1, 0.15) is 5.75 Å². The maximum Gasteiger partial charge on any atom is 0.115 e. The van der Waals surface area contributed by atoms with Crippen LogP contribution < -0.4 is 5.73 Å². The van der Waals surface area contributed by atoms with Gasteiger partial charge < -0.3 is 10.8 Å². The molecule has 0 amide bonds. The van der Waals surface area contributed by atoms with Gasteiger partial charge in [-0.25, -0.2) is 0 Å². The van der Waals surface area contributed by atoms with Gasteiger partial charge in [0.2, 0.25) is 0 Å². The highest BCUT2D eigenvalue weighted by atomic mass is 16.3. The van der Waals surface area contributed by atoms with Gasteiger partial charge in [-0.15, -0.1) is 0 Å². The number of phenols is 1. The van der Waals surface area contributed by atoms with Crippen LogP contribution >= 0.6 is 0 Å². The molecule has 0 heterocycles. The summed E-state index contributed by atoms with van der Waals surface area (Å²) < 4.78 is 0. The van der Waals surface area contributed by atoms with Gasteiger partial charge in [0, 0.05) is 6.04 Å². The Morgan fingerprint density at radius 2 is 1.91 bits per heavy atom. The average molecular weight is 151 g/mol. The molecule has 0 unspecified atom stereocenters. The van der Waals surface area contributed by atoms with E-state index in [9.17, 15) is 0 Å². The summed E-state index contributed by atoms with van der Waals surface area (Å²) in [4.78, 5) is 0. The first-order chi connectivity index (χ1) is 5.24. The summed E-state index contributed by atoms with van der Waals surface area (Å²) in [6, 6.07) is 7.11. The molecule has 11 heavy (non-hydrogen) atoms. The van der Waals surface area contributed by atoms with Gasteiger partial charge in [0.25, 0.3) is 0 Å². The second-order valence-electron chi connectivity index (χ2n) is 2.61. The molecule has 0 radical (unpaired) electrons. The fourth-order valence-electron chi connectivity index (χ4n) is 0.957. The summed E-state index contributed by atoms with van der Waals surface area (Å²) in [5.41, 5.74) is 6.84. The molecule has 0 bridgehead atoms. The van der Waals surface area contributed by atoms with Crippen LogP contribution in [0, 0.1) is 0 Å². The number of phenolic OH excluding ortho intramolecular Hbond substituents is 1.